The molecule has 0 unspecified atom stereocenters. The molecule has 0 aliphatic carbocycles. The molecule has 156 valence electrons. The van der Waals surface area contributed by atoms with E-state index in [1.165, 1.54) is 16.9 Å². The molecule has 4 rings (SSSR count). The molecule has 2 aromatic rings. The second kappa shape index (κ2) is 8.00. The van der Waals surface area contributed by atoms with Gasteiger partial charge in [0.25, 0.3) is 5.91 Å². The Bertz CT molecular complexity index is 898. The van der Waals surface area contributed by atoms with Gasteiger partial charge in [-0.25, -0.2) is 0 Å². The molecular weight excluding hydrogens is 408 g/mol. The van der Waals surface area contributed by atoms with Crippen LogP contribution in [0, 0.1) is 0 Å². The minimum absolute atomic E-state index is 0.0203. The fourth-order valence-corrected chi connectivity index (χ4v) is 5.91. The van der Waals surface area contributed by atoms with E-state index in [1.54, 1.807) is 19.0 Å². The highest BCUT2D eigenvalue weighted by atomic mass is 35.5. The second-order valence-corrected chi connectivity index (χ2v) is 10.0. The van der Waals surface area contributed by atoms with Crippen LogP contribution in [0.4, 0.5) is 0 Å². The van der Waals surface area contributed by atoms with Gasteiger partial charge >= 0.3 is 0 Å². The van der Waals surface area contributed by atoms with Gasteiger partial charge in [0, 0.05) is 49.2 Å². The number of piperidine rings is 1. The summed E-state index contributed by atoms with van der Waals surface area (Å²) in [6, 6.07) is 10.1. The number of carbonyl (C=O) groups excluding carboxylic acids is 1. The maximum atomic E-state index is 12.1. The van der Waals surface area contributed by atoms with Crippen LogP contribution in [0.25, 0.3) is 0 Å². The Morgan fingerprint density at radius 2 is 2.10 bits per heavy atom. The van der Waals surface area contributed by atoms with E-state index in [-0.39, 0.29) is 11.5 Å². The summed E-state index contributed by atoms with van der Waals surface area (Å²) >= 11 is 7.80. The maximum absolute atomic E-state index is 12.1. The Labute approximate surface area is 180 Å². The normalized spacial score (nSPS) is 27.1. The van der Waals surface area contributed by atoms with Gasteiger partial charge in [-0.2, -0.15) is 0 Å². The smallest absolute Gasteiger partial charge is 0.253 e. The first-order chi connectivity index (χ1) is 13.8. The molecule has 3 atom stereocenters. The Morgan fingerprint density at radius 1 is 1.38 bits per heavy atom. The Kier molecular flexibility index (Phi) is 5.75. The van der Waals surface area contributed by atoms with Crippen LogP contribution in [-0.4, -0.2) is 54.1 Å². The van der Waals surface area contributed by atoms with E-state index in [1.807, 2.05) is 30.3 Å². The molecule has 1 saturated heterocycles. The Balaban J connectivity index is 1.46. The van der Waals surface area contributed by atoms with Crippen molar-refractivity contribution in [1.29, 1.82) is 0 Å². The van der Waals surface area contributed by atoms with Gasteiger partial charge in [-0.3, -0.25) is 9.69 Å². The fourth-order valence-electron chi connectivity index (χ4n) is 4.44. The van der Waals surface area contributed by atoms with E-state index in [2.05, 4.69) is 11.8 Å². The zero-order valence-corrected chi connectivity index (χ0v) is 18.6. The first-order valence-electron chi connectivity index (χ1n) is 9.95. The van der Waals surface area contributed by atoms with Crippen molar-refractivity contribution in [2.75, 3.05) is 27.2 Å². The lowest BCUT2D eigenvalue weighted by Gasteiger charge is -2.47. The zero-order chi connectivity index (χ0) is 20.8. The molecular formula is C22H27ClN2O3S. The SMILES string of the molecule is C[C@H]1C[C@@]2(CCN1Cc1ccc(C(=O)N(C)C)cc1)OC[C@H](O)c1cc(Cl)sc12. The molecule has 2 aliphatic rings. The standard InChI is InChI=1S/C22H27ClN2O3S/c1-14-11-22(20-17(10-19(23)29-20)18(26)13-28-22)8-9-25(14)12-15-4-6-16(7-5-15)21(27)24(2)3/h4-7,10,14,18,26H,8-9,11-13H2,1-3H3/t14-,18-,22+/m0/s1. The predicted molar refractivity (Wildman–Crippen MR) is 115 cm³/mol. The number of amides is 1. The van der Waals surface area contributed by atoms with Crippen LogP contribution in [-0.2, 0) is 16.9 Å². The summed E-state index contributed by atoms with van der Waals surface area (Å²) in [5, 5.41) is 10.3. The largest absolute Gasteiger partial charge is 0.386 e. The quantitative estimate of drug-likeness (QED) is 0.791. The van der Waals surface area contributed by atoms with Crippen molar-refractivity contribution in [2.24, 2.45) is 0 Å². The number of nitrogens with zero attached hydrogens (tertiary/aromatic N) is 2. The van der Waals surface area contributed by atoms with E-state index >= 15 is 0 Å². The van der Waals surface area contributed by atoms with Crippen LogP contribution >= 0.6 is 22.9 Å². The molecule has 0 bridgehead atoms. The molecule has 1 spiro atoms. The first-order valence-corrected chi connectivity index (χ1v) is 11.1. The summed E-state index contributed by atoms with van der Waals surface area (Å²) in [4.78, 5) is 17.2. The highest BCUT2D eigenvalue weighted by molar-refractivity contribution is 7.16. The first kappa shape index (κ1) is 20.8. The van der Waals surface area contributed by atoms with Crippen molar-refractivity contribution < 1.29 is 14.6 Å². The number of thiophene rings is 1. The average molecular weight is 435 g/mol. The summed E-state index contributed by atoms with van der Waals surface area (Å²) in [6.45, 7) is 4.31. The molecule has 5 nitrogen and oxygen atoms in total. The van der Waals surface area contributed by atoms with Crippen molar-refractivity contribution >= 4 is 28.8 Å². The zero-order valence-electron chi connectivity index (χ0n) is 17.0. The fraction of sp³-hybridized carbons (Fsp3) is 0.500. The summed E-state index contributed by atoms with van der Waals surface area (Å²) in [5.74, 6) is 0.0203. The Hall–Kier alpha value is -1.44. The molecule has 3 heterocycles. The third kappa shape index (κ3) is 3.97. The molecule has 1 N–H and O–H groups in total. The number of rotatable bonds is 3. The van der Waals surface area contributed by atoms with Gasteiger partial charge in [-0.15, -0.1) is 11.3 Å². The van der Waals surface area contributed by atoms with E-state index in [4.69, 9.17) is 16.3 Å². The maximum Gasteiger partial charge on any atom is 0.253 e. The molecule has 1 aromatic heterocycles. The monoisotopic (exact) mass is 434 g/mol. The number of likely N-dealkylation sites (tertiary alicyclic amines) is 1. The summed E-state index contributed by atoms with van der Waals surface area (Å²) < 4.78 is 6.93. The van der Waals surface area contributed by atoms with Gasteiger partial charge in [-0.05, 0) is 43.5 Å². The van der Waals surface area contributed by atoms with Crippen molar-refractivity contribution in [3.63, 3.8) is 0 Å². The van der Waals surface area contributed by atoms with Crippen LogP contribution in [0.2, 0.25) is 4.34 Å². The third-order valence-corrected chi connectivity index (χ3v) is 7.53. The van der Waals surface area contributed by atoms with Gasteiger partial charge in [-0.1, -0.05) is 23.7 Å². The number of carbonyl (C=O) groups is 1. The average Bonchev–Trinajstić information content (AvgIpc) is 3.10. The van der Waals surface area contributed by atoms with Crippen LogP contribution in [0.1, 0.15) is 52.2 Å². The lowest BCUT2D eigenvalue weighted by molar-refractivity contribution is -0.139. The highest BCUT2D eigenvalue weighted by Gasteiger charge is 2.46. The number of hydrogen-bond donors (Lipinski definition) is 1. The number of ether oxygens (including phenoxy) is 1. The van der Waals surface area contributed by atoms with Gasteiger partial charge < -0.3 is 14.7 Å². The lowest BCUT2D eigenvalue weighted by Crippen LogP contribution is -2.50. The van der Waals surface area contributed by atoms with Crippen LogP contribution in [0.3, 0.4) is 0 Å². The Morgan fingerprint density at radius 3 is 2.76 bits per heavy atom. The van der Waals surface area contributed by atoms with Crippen LogP contribution in [0.15, 0.2) is 30.3 Å². The number of aliphatic hydroxyl groups excluding tert-OH is 1. The van der Waals surface area contributed by atoms with Crippen LogP contribution < -0.4 is 0 Å². The number of halogens is 1. The summed E-state index contributed by atoms with van der Waals surface area (Å²) in [6.07, 6.45) is 1.17. The number of fused-ring (bicyclic) bond motifs is 2. The second-order valence-electron chi connectivity index (χ2n) is 8.33. The minimum atomic E-state index is -0.587. The van der Waals surface area contributed by atoms with E-state index < -0.39 is 6.10 Å². The van der Waals surface area contributed by atoms with E-state index in [0.29, 0.717) is 22.5 Å². The number of aliphatic hydroxyl groups is 1. The van der Waals surface area contributed by atoms with Crippen molar-refractivity contribution in [3.8, 4) is 0 Å². The summed E-state index contributed by atoms with van der Waals surface area (Å²) in [7, 11) is 3.53. The summed E-state index contributed by atoms with van der Waals surface area (Å²) in [5.41, 5.74) is 2.50. The lowest BCUT2D eigenvalue weighted by atomic mass is 9.81. The molecule has 2 aliphatic heterocycles. The highest BCUT2D eigenvalue weighted by Crippen LogP contribution is 2.50. The van der Waals surface area contributed by atoms with Crippen LogP contribution in [0.5, 0.6) is 0 Å². The van der Waals surface area contributed by atoms with Crippen molar-refractivity contribution in [2.45, 2.75) is 44.1 Å². The van der Waals surface area contributed by atoms with Crippen molar-refractivity contribution in [3.05, 3.63) is 56.2 Å². The molecule has 1 aromatic carbocycles. The van der Waals surface area contributed by atoms with E-state index in [9.17, 15) is 9.90 Å². The molecule has 7 heteroatoms. The third-order valence-electron chi connectivity index (χ3n) is 6.07. The number of benzene rings is 1. The molecule has 29 heavy (non-hydrogen) atoms. The topological polar surface area (TPSA) is 53.0 Å². The van der Waals surface area contributed by atoms with Crippen molar-refractivity contribution in [1.82, 2.24) is 9.80 Å². The molecule has 0 radical (unpaired) electrons. The van der Waals surface area contributed by atoms with E-state index in [0.717, 1.165) is 36.4 Å². The van der Waals surface area contributed by atoms with Gasteiger partial charge in [0.05, 0.1) is 10.9 Å². The van der Waals surface area contributed by atoms with Gasteiger partial charge in [0.15, 0.2) is 0 Å². The van der Waals surface area contributed by atoms with Gasteiger partial charge in [0.1, 0.15) is 11.7 Å². The molecule has 1 amide bonds. The van der Waals surface area contributed by atoms with Gasteiger partial charge in [0.2, 0.25) is 0 Å². The molecule has 1 fully saturated rings. The number of hydrogen-bond acceptors (Lipinski definition) is 5. The molecule has 0 saturated carbocycles. The predicted octanol–water partition coefficient (Wildman–Crippen LogP) is 4.05. The minimum Gasteiger partial charge on any atom is -0.386 e.